The maximum atomic E-state index is 12.5. The van der Waals surface area contributed by atoms with Gasteiger partial charge in [0.15, 0.2) is 0 Å². The summed E-state index contributed by atoms with van der Waals surface area (Å²) < 4.78 is 41.5. The van der Waals surface area contributed by atoms with Crippen LogP contribution in [0, 0.1) is 0 Å². The monoisotopic (exact) mass is 319 g/mol. The summed E-state index contributed by atoms with van der Waals surface area (Å²) in [5.41, 5.74) is 6.57. The van der Waals surface area contributed by atoms with Crippen LogP contribution in [0.15, 0.2) is 18.2 Å². The van der Waals surface area contributed by atoms with Gasteiger partial charge in [-0.05, 0) is 47.9 Å². The Labute approximate surface area is 129 Å². The number of alkyl halides is 3. The molecule has 0 radical (unpaired) electrons. The lowest BCUT2D eigenvalue weighted by molar-refractivity contribution is -0.274. The molecular weight excluding hydrogens is 295 g/mol. The van der Waals surface area contributed by atoms with Crippen LogP contribution in [0.25, 0.3) is 0 Å². The number of aliphatic hydroxyl groups is 1. The molecule has 6 heteroatoms. The average Bonchev–Trinajstić information content (AvgIpc) is 2.42. The van der Waals surface area contributed by atoms with Crippen LogP contribution >= 0.6 is 0 Å². The number of rotatable bonds is 7. The minimum Gasteiger partial charge on any atom is -0.406 e. The van der Waals surface area contributed by atoms with E-state index in [1.165, 1.54) is 12.1 Å². The van der Waals surface area contributed by atoms with E-state index >= 15 is 0 Å². The van der Waals surface area contributed by atoms with Crippen molar-refractivity contribution in [1.29, 1.82) is 0 Å². The van der Waals surface area contributed by atoms with E-state index in [0.29, 0.717) is 18.4 Å². The van der Waals surface area contributed by atoms with Gasteiger partial charge >= 0.3 is 6.36 Å². The van der Waals surface area contributed by atoms with Crippen molar-refractivity contribution in [2.24, 2.45) is 5.73 Å². The summed E-state index contributed by atoms with van der Waals surface area (Å²) >= 11 is 0. The molecule has 0 amide bonds. The number of ether oxygens (including phenoxy) is 1. The lowest BCUT2D eigenvalue weighted by Gasteiger charge is -2.25. The molecule has 1 atom stereocenters. The van der Waals surface area contributed by atoms with Crippen LogP contribution in [-0.4, -0.2) is 24.1 Å². The Balaban J connectivity index is 3.09. The second-order valence-corrected chi connectivity index (χ2v) is 6.08. The Kier molecular flexibility index (Phi) is 6.26. The Morgan fingerprint density at radius 3 is 2.36 bits per heavy atom. The van der Waals surface area contributed by atoms with E-state index in [9.17, 15) is 18.3 Å². The maximum Gasteiger partial charge on any atom is 0.573 e. The molecule has 126 valence electrons. The summed E-state index contributed by atoms with van der Waals surface area (Å²) in [5.74, 6) is -0.219. The summed E-state index contributed by atoms with van der Waals surface area (Å²) in [6, 6.07) is 4.67. The van der Waals surface area contributed by atoms with E-state index in [2.05, 4.69) is 4.74 Å². The van der Waals surface area contributed by atoms with Gasteiger partial charge in [0, 0.05) is 6.54 Å². The average molecular weight is 319 g/mol. The van der Waals surface area contributed by atoms with Crippen molar-refractivity contribution in [2.75, 3.05) is 6.54 Å². The highest BCUT2D eigenvalue weighted by Crippen LogP contribution is 2.33. The van der Waals surface area contributed by atoms with Gasteiger partial charge in [-0.2, -0.15) is 0 Å². The predicted molar refractivity (Wildman–Crippen MR) is 79.8 cm³/mol. The zero-order valence-corrected chi connectivity index (χ0v) is 13.2. The lowest BCUT2D eigenvalue weighted by atomic mass is 9.81. The summed E-state index contributed by atoms with van der Waals surface area (Å²) in [6.07, 6.45) is -3.75. The van der Waals surface area contributed by atoms with Crippen molar-refractivity contribution in [3.8, 4) is 5.75 Å². The second kappa shape index (κ2) is 7.33. The first kappa shape index (κ1) is 18.8. The molecule has 0 saturated carbocycles. The summed E-state index contributed by atoms with van der Waals surface area (Å²) in [7, 11) is 0. The fourth-order valence-electron chi connectivity index (χ4n) is 2.04. The first-order valence-electron chi connectivity index (χ1n) is 7.35. The SMILES string of the molecule is CCC(C)(C)c1cc(CC[C@@H](O)CN)cc(OC(F)(F)F)c1. The van der Waals surface area contributed by atoms with Crippen molar-refractivity contribution < 1.29 is 23.0 Å². The molecule has 0 saturated heterocycles. The van der Waals surface area contributed by atoms with Crippen molar-refractivity contribution in [2.45, 2.75) is 57.9 Å². The standard InChI is InChI=1S/C16H24F3NO2/c1-4-15(2,3)12-7-11(5-6-13(21)10-20)8-14(9-12)22-16(17,18)19/h7-9,13,21H,4-6,10,20H2,1-3H3/t13-/m1/s1. The van der Waals surface area contributed by atoms with Gasteiger partial charge < -0.3 is 15.6 Å². The smallest absolute Gasteiger partial charge is 0.406 e. The topological polar surface area (TPSA) is 55.5 Å². The lowest BCUT2D eigenvalue weighted by Crippen LogP contribution is -2.21. The molecule has 0 bridgehead atoms. The van der Waals surface area contributed by atoms with Crippen LogP contribution in [0.2, 0.25) is 0 Å². The first-order valence-corrected chi connectivity index (χ1v) is 7.35. The molecule has 0 aliphatic rings. The van der Waals surface area contributed by atoms with Crippen LogP contribution in [-0.2, 0) is 11.8 Å². The van der Waals surface area contributed by atoms with Crippen molar-refractivity contribution in [1.82, 2.24) is 0 Å². The minimum atomic E-state index is -4.72. The summed E-state index contributed by atoms with van der Waals surface area (Å²) in [4.78, 5) is 0. The molecule has 1 rings (SSSR count). The molecule has 3 N–H and O–H groups in total. The Hall–Kier alpha value is -1.27. The van der Waals surface area contributed by atoms with E-state index in [4.69, 9.17) is 5.73 Å². The van der Waals surface area contributed by atoms with E-state index < -0.39 is 12.5 Å². The van der Waals surface area contributed by atoms with Crippen molar-refractivity contribution in [3.05, 3.63) is 29.3 Å². The van der Waals surface area contributed by atoms with Crippen LogP contribution in [0.5, 0.6) is 5.75 Å². The normalized spacial score (nSPS) is 14.0. The number of benzene rings is 1. The fourth-order valence-corrected chi connectivity index (χ4v) is 2.04. The van der Waals surface area contributed by atoms with E-state index in [0.717, 1.165) is 12.0 Å². The number of nitrogens with two attached hydrogens (primary N) is 1. The molecule has 22 heavy (non-hydrogen) atoms. The highest BCUT2D eigenvalue weighted by atomic mass is 19.4. The van der Waals surface area contributed by atoms with Gasteiger partial charge in [0.05, 0.1) is 6.10 Å². The molecule has 1 aromatic rings. The van der Waals surface area contributed by atoms with Gasteiger partial charge in [-0.1, -0.05) is 26.8 Å². The molecule has 0 aromatic heterocycles. The third-order valence-corrected chi connectivity index (χ3v) is 3.90. The zero-order valence-electron chi connectivity index (χ0n) is 13.2. The van der Waals surface area contributed by atoms with Crippen LogP contribution < -0.4 is 10.5 Å². The van der Waals surface area contributed by atoms with Crippen LogP contribution in [0.3, 0.4) is 0 Å². The quantitative estimate of drug-likeness (QED) is 0.808. The number of aryl methyl sites for hydroxylation is 1. The predicted octanol–water partition coefficient (Wildman–Crippen LogP) is 3.53. The van der Waals surface area contributed by atoms with Crippen LogP contribution in [0.1, 0.15) is 44.7 Å². The molecule has 0 aliphatic heterocycles. The number of hydrogen-bond donors (Lipinski definition) is 2. The Morgan fingerprint density at radius 2 is 1.86 bits per heavy atom. The van der Waals surface area contributed by atoms with Crippen molar-refractivity contribution >= 4 is 0 Å². The van der Waals surface area contributed by atoms with Gasteiger partial charge in [0.2, 0.25) is 0 Å². The Bertz CT molecular complexity index is 487. The maximum absolute atomic E-state index is 12.5. The highest BCUT2D eigenvalue weighted by Gasteiger charge is 2.32. The van der Waals surface area contributed by atoms with Crippen molar-refractivity contribution in [3.63, 3.8) is 0 Å². The Morgan fingerprint density at radius 1 is 1.23 bits per heavy atom. The summed E-state index contributed by atoms with van der Waals surface area (Å²) in [5, 5.41) is 9.51. The van der Waals surface area contributed by atoms with Gasteiger partial charge in [0.1, 0.15) is 5.75 Å². The molecule has 0 fully saturated rings. The molecule has 0 unspecified atom stereocenters. The number of hydrogen-bond acceptors (Lipinski definition) is 3. The molecular formula is C16H24F3NO2. The van der Waals surface area contributed by atoms with Gasteiger partial charge in [-0.25, -0.2) is 0 Å². The largest absolute Gasteiger partial charge is 0.573 e. The molecule has 3 nitrogen and oxygen atoms in total. The first-order chi connectivity index (χ1) is 10.1. The third-order valence-electron chi connectivity index (χ3n) is 3.90. The van der Waals surface area contributed by atoms with Gasteiger partial charge in [0.25, 0.3) is 0 Å². The fraction of sp³-hybridized carbons (Fsp3) is 0.625. The number of halogens is 3. The molecule has 0 spiro atoms. The molecule has 0 heterocycles. The zero-order chi connectivity index (χ0) is 17.0. The third kappa shape index (κ3) is 5.85. The molecule has 0 aliphatic carbocycles. The van der Waals surface area contributed by atoms with Gasteiger partial charge in [-0.15, -0.1) is 13.2 Å². The van der Waals surface area contributed by atoms with Crippen LogP contribution in [0.4, 0.5) is 13.2 Å². The van der Waals surface area contributed by atoms with E-state index in [1.54, 1.807) is 0 Å². The summed E-state index contributed by atoms with van der Waals surface area (Å²) in [6.45, 7) is 6.05. The molecule has 1 aromatic carbocycles. The highest BCUT2D eigenvalue weighted by molar-refractivity contribution is 5.38. The second-order valence-electron chi connectivity index (χ2n) is 6.08. The van der Waals surface area contributed by atoms with E-state index in [1.807, 2.05) is 26.8 Å². The van der Waals surface area contributed by atoms with E-state index in [-0.39, 0.29) is 17.7 Å². The number of aliphatic hydroxyl groups excluding tert-OH is 1. The minimum absolute atomic E-state index is 0.131. The van der Waals surface area contributed by atoms with Gasteiger partial charge in [-0.3, -0.25) is 0 Å².